The zero-order valence-corrected chi connectivity index (χ0v) is 30.3. The van der Waals surface area contributed by atoms with Crippen LogP contribution in [0.1, 0.15) is 33.4 Å². The fourth-order valence-electron chi connectivity index (χ4n) is 11.1. The quantitative estimate of drug-likeness (QED) is 0.125. The Hall–Kier alpha value is -7.16. The number of fused-ring (bicyclic) bond motifs is 15. The second kappa shape index (κ2) is 10.7. The number of hydrogen-bond donors (Lipinski definition) is 0. The largest absolute Gasteiger partial charge is 0.457 e. The Morgan fingerprint density at radius 1 is 0.286 bits per heavy atom. The second-order valence-corrected chi connectivity index (χ2v) is 15.4. The smallest absolute Gasteiger partial charge is 0.131 e. The van der Waals surface area contributed by atoms with Crippen molar-refractivity contribution in [1.82, 2.24) is 0 Å². The van der Waals surface area contributed by atoms with Gasteiger partial charge in [-0.15, -0.1) is 0 Å². The SMILES string of the molecule is c1ccc(-c2ccc3c4c2c2cc5ccccc5cc2c2cccc(c24)C2(c4ccccc4Oc4ccccc42)C32c3ccccc3Oc3ccccc32)cc1. The Balaban J connectivity index is 1.39. The van der Waals surface area contributed by atoms with E-state index in [0.29, 0.717) is 0 Å². The van der Waals surface area contributed by atoms with Gasteiger partial charge in [-0.25, -0.2) is 0 Å². The van der Waals surface area contributed by atoms with Crippen LogP contribution in [0.4, 0.5) is 0 Å². The average Bonchev–Trinajstić information content (AvgIpc) is 3.26. The van der Waals surface area contributed by atoms with Gasteiger partial charge in [0.25, 0.3) is 0 Å². The molecule has 0 amide bonds. The third kappa shape index (κ3) is 3.49. The molecule has 0 N–H and O–H groups in total. The van der Waals surface area contributed by atoms with Crippen LogP contribution >= 0.6 is 0 Å². The molecule has 0 bridgehead atoms. The first-order chi connectivity index (χ1) is 27.8. The lowest BCUT2D eigenvalue weighted by molar-refractivity contribution is 0.322. The zero-order valence-electron chi connectivity index (χ0n) is 30.3. The fourth-order valence-corrected chi connectivity index (χ4v) is 11.1. The van der Waals surface area contributed by atoms with Crippen LogP contribution in [-0.4, -0.2) is 0 Å². The number of benzene rings is 10. The maximum Gasteiger partial charge on any atom is 0.131 e. The van der Waals surface area contributed by atoms with Gasteiger partial charge < -0.3 is 9.47 Å². The van der Waals surface area contributed by atoms with Crippen LogP contribution < -0.4 is 9.47 Å². The van der Waals surface area contributed by atoms with Gasteiger partial charge in [-0.3, -0.25) is 0 Å². The molecule has 2 spiro atoms. The summed E-state index contributed by atoms with van der Waals surface area (Å²) in [6, 6.07) is 71.4. The van der Waals surface area contributed by atoms with E-state index in [-0.39, 0.29) is 0 Å². The molecule has 13 rings (SSSR count). The summed E-state index contributed by atoms with van der Waals surface area (Å²) >= 11 is 0. The Kier molecular flexibility index (Phi) is 5.79. The highest BCUT2D eigenvalue weighted by Crippen LogP contribution is 2.72. The predicted octanol–water partition coefficient (Wildman–Crippen LogP) is 13.9. The van der Waals surface area contributed by atoms with Crippen molar-refractivity contribution >= 4 is 43.1 Å². The lowest BCUT2D eigenvalue weighted by atomic mass is 9.43. The summed E-state index contributed by atoms with van der Waals surface area (Å²) in [7, 11) is 0. The predicted molar refractivity (Wildman–Crippen MR) is 228 cm³/mol. The molecule has 260 valence electrons. The zero-order chi connectivity index (χ0) is 36.6. The normalized spacial score (nSPS) is 15.0. The van der Waals surface area contributed by atoms with Crippen molar-refractivity contribution in [3.63, 3.8) is 0 Å². The third-order valence-corrected chi connectivity index (χ3v) is 13.0. The van der Waals surface area contributed by atoms with Crippen LogP contribution in [0, 0.1) is 0 Å². The van der Waals surface area contributed by atoms with Gasteiger partial charge in [-0.2, -0.15) is 0 Å². The van der Waals surface area contributed by atoms with Crippen molar-refractivity contribution in [2.45, 2.75) is 10.8 Å². The number of rotatable bonds is 1. The van der Waals surface area contributed by atoms with Crippen molar-refractivity contribution in [2.75, 3.05) is 0 Å². The molecule has 56 heavy (non-hydrogen) atoms. The molecule has 0 fully saturated rings. The molecule has 0 unspecified atom stereocenters. The average molecular weight is 713 g/mol. The van der Waals surface area contributed by atoms with E-state index in [1.54, 1.807) is 0 Å². The van der Waals surface area contributed by atoms with Crippen LogP contribution in [0.3, 0.4) is 0 Å². The van der Waals surface area contributed by atoms with Gasteiger partial charge in [0, 0.05) is 22.3 Å². The first-order valence-corrected chi connectivity index (χ1v) is 19.4. The van der Waals surface area contributed by atoms with Crippen LogP contribution in [0.2, 0.25) is 0 Å². The highest BCUT2D eigenvalue weighted by molar-refractivity contribution is 6.32. The highest BCUT2D eigenvalue weighted by atomic mass is 16.5. The Morgan fingerprint density at radius 3 is 1.29 bits per heavy atom. The van der Waals surface area contributed by atoms with E-state index in [4.69, 9.17) is 9.47 Å². The van der Waals surface area contributed by atoms with Gasteiger partial charge in [0.1, 0.15) is 23.0 Å². The Morgan fingerprint density at radius 2 is 0.732 bits per heavy atom. The lowest BCUT2D eigenvalue weighted by Gasteiger charge is -2.58. The van der Waals surface area contributed by atoms with Crippen molar-refractivity contribution in [3.05, 3.63) is 228 Å². The van der Waals surface area contributed by atoms with Gasteiger partial charge >= 0.3 is 0 Å². The first-order valence-electron chi connectivity index (χ1n) is 19.4. The van der Waals surface area contributed by atoms with E-state index in [1.807, 2.05) is 0 Å². The molecule has 0 saturated heterocycles. The minimum absolute atomic E-state index is 0.785. The topological polar surface area (TPSA) is 18.5 Å². The number of para-hydroxylation sites is 4. The highest BCUT2D eigenvalue weighted by Gasteiger charge is 2.66. The molecule has 3 aliphatic rings. The molecular formula is C54H32O2. The van der Waals surface area contributed by atoms with E-state index in [1.165, 1.54) is 65.3 Å². The monoisotopic (exact) mass is 712 g/mol. The van der Waals surface area contributed by atoms with Crippen LogP contribution in [0.15, 0.2) is 194 Å². The molecule has 1 aliphatic carbocycles. The molecule has 0 saturated carbocycles. The standard InChI is InChI=1S/C54H32O2/c1-2-15-33(16-3-1)36-29-30-45-52-50(36)39-32-35-18-5-4-17-34(35)31-38(39)37-19-14-24-44(51(37)52)53(40-20-6-10-25-46(40)55-47-26-11-7-21-41(47)53)54(45)42-22-8-12-27-48(42)56-49-28-13-9-23-43(49)54/h1-32H. The van der Waals surface area contributed by atoms with Crippen molar-refractivity contribution in [3.8, 4) is 34.1 Å². The maximum absolute atomic E-state index is 6.95. The molecule has 10 aromatic carbocycles. The number of ether oxygens (including phenoxy) is 2. The molecule has 0 radical (unpaired) electrons. The van der Waals surface area contributed by atoms with Gasteiger partial charge in [0.2, 0.25) is 0 Å². The molecule has 2 heteroatoms. The summed E-state index contributed by atoms with van der Waals surface area (Å²) in [4.78, 5) is 0. The Labute approximate surface area is 323 Å². The van der Waals surface area contributed by atoms with E-state index in [0.717, 1.165) is 45.3 Å². The van der Waals surface area contributed by atoms with Gasteiger partial charge in [0.05, 0.1) is 10.8 Å². The molecule has 2 heterocycles. The van der Waals surface area contributed by atoms with Crippen molar-refractivity contribution in [2.24, 2.45) is 0 Å². The van der Waals surface area contributed by atoms with E-state index < -0.39 is 10.8 Å². The molecular weight excluding hydrogens is 681 g/mol. The molecule has 0 aromatic heterocycles. The minimum Gasteiger partial charge on any atom is -0.457 e. The molecule has 2 nitrogen and oxygen atoms in total. The molecule has 2 aliphatic heterocycles. The van der Waals surface area contributed by atoms with E-state index in [9.17, 15) is 0 Å². The van der Waals surface area contributed by atoms with Crippen LogP contribution in [0.5, 0.6) is 23.0 Å². The molecule has 0 atom stereocenters. The molecule has 10 aromatic rings. The summed E-state index contributed by atoms with van der Waals surface area (Å²) in [5, 5.41) is 10.1. The van der Waals surface area contributed by atoms with E-state index in [2.05, 4.69) is 194 Å². The Bertz CT molecular complexity index is 3230. The maximum atomic E-state index is 6.95. The minimum atomic E-state index is -0.798. The van der Waals surface area contributed by atoms with Crippen LogP contribution in [0.25, 0.3) is 54.2 Å². The summed E-state index contributed by atoms with van der Waals surface area (Å²) in [6.07, 6.45) is 0. The lowest BCUT2D eigenvalue weighted by Crippen LogP contribution is -2.56. The number of hydrogen-bond acceptors (Lipinski definition) is 2. The summed E-state index contributed by atoms with van der Waals surface area (Å²) < 4.78 is 13.9. The fraction of sp³-hybridized carbons (Fsp3) is 0.0370. The third-order valence-electron chi connectivity index (χ3n) is 13.0. The van der Waals surface area contributed by atoms with Gasteiger partial charge in [-0.05, 0) is 102 Å². The summed E-state index contributed by atoms with van der Waals surface area (Å²) in [5.74, 6) is 3.48. The first kappa shape index (κ1) is 30.2. The van der Waals surface area contributed by atoms with E-state index >= 15 is 0 Å². The second-order valence-electron chi connectivity index (χ2n) is 15.4. The summed E-state index contributed by atoms with van der Waals surface area (Å²) in [6.45, 7) is 0. The van der Waals surface area contributed by atoms with Crippen molar-refractivity contribution in [1.29, 1.82) is 0 Å². The van der Waals surface area contributed by atoms with Crippen molar-refractivity contribution < 1.29 is 9.47 Å². The van der Waals surface area contributed by atoms with Crippen LogP contribution in [-0.2, 0) is 10.8 Å². The van der Waals surface area contributed by atoms with Gasteiger partial charge in [0.15, 0.2) is 0 Å². The van der Waals surface area contributed by atoms with Gasteiger partial charge in [-0.1, -0.05) is 158 Å². The summed E-state index contributed by atoms with van der Waals surface area (Å²) in [5.41, 5.74) is 7.94.